The van der Waals surface area contributed by atoms with Crippen LogP contribution < -0.4 is 15.5 Å². The van der Waals surface area contributed by atoms with Crippen LogP contribution in [0.1, 0.15) is 39.5 Å². The molecular formula is C22H35N5O2. The number of amides is 3. The lowest BCUT2D eigenvalue weighted by Gasteiger charge is -2.35. The van der Waals surface area contributed by atoms with Gasteiger partial charge in [0.2, 0.25) is 5.91 Å². The molecule has 2 N–H and O–H groups in total. The predicted octanol–water partition coefficient (Wildman–Crippen LogP) is 2.74. The highest BCUT2D eigenvalue weighted by atomic mass is 16.2. The van der Waals surface area contributed by atoms with Crippen LogP contribution in [0.25, 0.3) is 0 Å². The molecule has 3 rings (SSSR count). The lowest BCUT2D eigenvalue weighted by Crippen LogP contribution is -2.52. The number of piperidine rings is 1. The Bertz CT molecular complexity index is 682. The van der Waals surface area contributed by atoms with Crippen molar-refractivity contribution in [1.29, 1.82) is 0 Å². The SMILES string of the molecule is CCC(C)NC(=O)CN1CCN(C(=O)Nc2ccccc2N2CCCCC2)CC1. The van der Waals surface area contributed by atoms with E-state index in [1.165, 1.54) is 19.3 Å². The lowest BCUT2D eigenvalue weighted by molar-refractivity contribution is -0.123. The van der Waals surface area contributed by atoms with Gasteiger partial charge in [-0.2, -0.15) is 0 Å². The van der Waals surface area contributed by atoms with E-state index in [0.29, 0.717) is 19.6 Å². The number of nitrogens with one attached hydrogen (secondary N) is 2. The van der Waals surface area contributed by atoms with Gasteiger partial charge in [0.05, 0.1) is 17.9 Å². The van der Waals surface area contributed by atoms with Gasteiger partial charge in [-0.25, -0.2) is 4.79 Å². The fraction of sp³-hybridized carbons (Fsp3) is 0.636. The van der Waals surface area contributed by atoms with Crippen LogP contribution in [0.2, 0.25) is 0 Å². The molecule has 2 saturated heterocycles. The fourth-order valence-corrected chi connectivity index (χ4v) is 3.92. The first-order valence-corrected chi connectivity index (χ1v) is 11.0. The van der Waals surface area contributed by atoms with Crippen molar-refractivity contribution in [3.05, 3.63) is 24.3 Å². The highest BCUT2D eigenvalue weighted by Crippen LogP contribution is 2.28. The minimum absolute atomic E-state index is 0.0573. The minimum Gasteiger partial charge on any atom is -0.370 e. The summed E-state index contributed by atoms with van der Waals surface area (Å²) in [5, 5.41) is 6.12. The summed E-state index contributed by atoms with van der Waals surface area (Å²) >= 11 is 0. The number of benzene rings is 1. The first kappa shape index (κ1) is 21.4. The summed E-state index contributed by atoms with van der Waals surface area (Å²) in [6.45, 7) is 9.27. The second-order valence-electron chi connectivity index (χ2n) is 8.14. The van der Waals surface area contributed by atoms with E-state index in [9.17, 15) is 9.59 Å². The molecule has 0 aliphatic carbocycles. The molecule has 2 aliphatic heterocycles. The van der Waals surface area contributed by atoms with Gasteiger partial charge in [-0.3, -0.25) is 9.69 Å². The van der Waals surface area contributed by atoms with Crippen molar-refractivity contribution in [3.63, 3.8) is 0 Å². The second-order valence-corrected chi connectivity index (χ2v) is 8.14. The zero-order chi connectivity index (χ0) is 20.6. The molecule has 29 heavy (non-hydrogen) atoms. The van der Waals surface area contributed by atoms with Gasteiger partial charge in [0.15, 0.2) is 0 Å². The highest BCUT2D eigenvalue weighted by molar-refractivity contribution is 5.93. The Balaban J connectivity index is 1.50. The Morgan fingerprint density at radius 2 is 1.69 bits per heavy atom. The minimum atomic E-state index is -0.0573. The van der Waals surface area contributed by atoms with Gasteiger partial charge < -0.3 is 20.4 Å². The third kappa shape index (κ3) is 6.10. The van der Waals surface area contributed by atoms with Crippen molar-refractivity contribution >= 4 is 23.3 Å². The number of hydrogen-bond acceptors (Lipinski definition) is 4. The van der Waals surface area contributed by atoms with E-state index in [-0.39, 0.29) is 18.0 Å². The number of anilines is 2. The third-order valence-electron chi connectivity index (χ3n) is 5.89. The third-order valence-corrected chi connectivity index (χ3v) is 5.89. The Kier molecular flexibility index (Phi) is 7.75. The standard InChI is InChI=1S/C22H35N5O2/c1-3-18(2)23-21(28)17-25-13-15-27(16-14-25)22(29)24-19-9-5-6-10-20(19)26-11-7-4-8-12-26/h5-6,9-10,18H,3-4,7-8,11-17H2,1-2H3,(H,23,28)(H,24,29). The summed E-state index contributed by atoms with van der Waals surface area (Å²) in [7, 11) is 0. The topological polar surface area (TPSA) is 67.9 Å². The lowest BCUT2D eigenvalue weighted by atomic mass is 10.1. The van der Waals surface area contributed by atoms with Crippen molar-refractivity contribution in [1.82, 2.24) is 15.1 Å². The van der Waals surface area contributed by atoms with Crippen molar-refractivity contribution < 1.29 is 9.59 Å². The molecule has 2 aliphatic rings. The van der Waals surface area contributed by atoms with Crippen LogP contribution in [-0.2, 0) is 4.79 Å². The van der Waals surface area contributed by atoms with Crippen LogP contribution in [0.15, 0.2) is 24.3 Å². The zero-order valence-electron chi connectivity index (χ0n) is 17.8. The first-order chi connectivity index (χ1) is 14.1. The van der Waals surface area contributed by atoms with E-state index >= 15 is 0 Å². The monoisotopic (exact) mass is 401 g/mol. The number of carbonyl (C=O) groups excluding carboxylic acids is 2. The summed E-state index contributed by atoms with van der Waals surface area (Å²) in [5.74, 6) is 0.0627. The van der Waals surface area contributed by atoms with Crippen molar-refractivity contribution in [2.75, 3.05) is 56.0 Å². The van der Waals surface area contributed by atoms with Gasteiger partial charge in [-0.1, -0.05) is 19.1 Å². The number of rotatable bonds is 6. The second kappa shape index (κ2) is 10.5. The number of carbonyl (C=O) groups is 2. The fourth-order valence-electron chi connectivity index (χ4n) is 3.92. The van der Waals surface area contributed by atoms with Gasteiger partial charge in [0, 0.05) is 45.3 Å². The van der Waals surface area contributed by atoms with Gasteiger partial charge in [0.1, 0.15) is 0 Å². The number of nitrogens with zero attached hydrogens (tertiary/aromatic N) is 3. The largest absolute Gasteiger partial charge is 0.370 e. The number of para-hydroxylation sites is 2. The molecule has 3 amide bonds. The summed E-state index contributed by atoms with van der Waals surface area (Å²) in [6.07, 6.45) is 4.62. The van der Waals surface area contributed by atoms with Gasteiger partial charge >= 0.3 is 6.03 Å². The molecule has 0 spiro atoms. The van der Waals surface area contributed by atoms with Crippen molar-refractivity contribution in [2.45, 2.75) is 45.6 Å². The smallest absolute Gasteiger partial charge is 0.321 e. The normalized spacial score (nSPS) is 19.0. The van der Waals surface area contributed by atoms with Crippen LogP contribution in [0.3, 0.4) is 0 Å². The van der Waals surface area contributed by atoms with Gasteiger partial charge in [-0.15, -0.1) is 0 Å². The van der Waals surface area contributed by atoms with Crippen LogP contribution in [0.4, 0.5) is 16.2 Å². The molecule has 160 valence electrons. The van der Waals surface area contributed by atoms with Crippen LogP contribution in [0.5, 0.6) is 0 Å². The zero-order valence-corrected chi connectivity index (χ0v) is 17.8. The van der Waals surface area contributed by atoms with E-state index < -0.39 is 0 Å². The first-order valence-electron chi connectivity index (χ1n) is 11.0. The molecule has 2 heterocycles. The quantitative estimate of drug-likeness (QED) is 0.769. The van der Waals surface area contributed by atoms with E-state index in [2.05, 4.69) is 33.4 Å². The Hall–Kier alpha value is -2.28. The number of urea groups is 1. The molecule has 0 aromatic heterocycles. The molecule has 1 unspecified atom stereocenters. The highest BCUT2D eigenvalue weighted by Gasteiger charge is 2.24. The molecule has 1 atom stereocenters. The summed E-state index contributed by atoms with van der Waals surface area (Å²) in [5.41, 5.74) is 2.00. The van der Waals surface area contributed by atoms with E-state index in [1.54, 1.807) is 0 Å². The maximum absolute atomic E-state index is 12.8. The van der Waals surface area contributed by atoms with E-state index in [4.69, 9.17) is 0 Å². The molecule has 0 bridgehead atoms. The molecule has 0 saturated carbocycles. The molecule has 1 aromatic rings. The maximum atomic E-state index is 12.8. The molecule has 1 aromatic carbocycles. The van der Waals surface area contributed by atoms with Gasteiger partial charge in [-0.05, 0) is 44.7 Å². The Morgan fingerprint density at radius 3 is 2.38 bits per heavy atom. The van der Waals surface area contributed by atoms with E-state index in [0.717, 1.165) is 44.0 Å². The van der Waals surface area contributed by atoms with Crippen molar-refractivity contribution in [2.24, 2.45) is 0 Å². The average Bonchev–Trinajstić information content (AvgIpc) is 2.75. The molecule has 7 nitrogen and oxygen atoms in total. The van der Waals surface area contributed by atoms with Crippen LogP contribution in [-0.4, -0.2) is 73.6 Å². The summed E-state index contributed by atoms with van der Waals surface area (Å²) < 4.78 is 0. The Morgan fingerprint density at radius 1 is 1.00 bits per heavy atom. The number of piperazine rings is 1. The van der Waals surface area contributed by atoms with Gasteiger partial charge in [0.25, 0.3) is 0 Å². The molecule has 2 fully saturated rings. The van der Waals surface area contributed by atoms with Crippen LogP contribution >= 0.6 is 0 Å². The molecular weight excluding hydrogens is 366 g/mol. The average molecular weight is 402 g/mol. The van der Waals surface area contributed by atoms with Crippen LogP contribution in [0, 0.1) is 0 Å². The summed E-state index contributed by atoms with van der Waals surface area (Å²) in [6, 6.07) is 8.22. The van der Waals surface area contributed by atoms with E-state index in [1.807, 2.05) is 30.0 Å². The maximum Gasteiger partial charge on any atom is 0.321 e. The molecule has 7 heteroatoms. The predicted molar refractivity (Wildman–Crippen MR) is 117 cm³/mol. The Labute approximate surface area is 174 Å². The van der Waals surface area contributed by atoms with Crippen molar-refractivity contribution in [3.8, 4) is 0 Å². The summed E-state index contributed by atoms with van der Waals surface area (Å²) in [4.78, 5) is 31.2. The molecule has 0 radical (unpaired) electrons. The number of hydrogen-bond donors (Lipinski definition) is 2.